The van der Waals surface area contributed by atoms with Crippen LogP contribution in [0.25, 0.3) is 0 Å². The molecule has 1 heterocycles. The molecule has 20 heavy (non-hydrogen) atoms. The van der Waals surface area contributed by atoms with Gasteiger partial charge in [0.05, 0.1) is 30.9 Å². The van der Waals surface area contributed by atoms with Crippen LogP contribution in [0.5, 0.6) is 6.01 Å². The summed E-state index contributed by atoms with van der Waals surface area (Å²) in [5.74, 6) is -0.181. The average molecular weight is 314 g/mol. The molecular formula is C12H12ClN3O3S. The van der Waals surface area contributed by atoms with Crippen LogP contribution in [-0.4, -0.2) is 25.5 Å². The number of benzene rings is 1. The van der Waals surface area contributed by atoms with Gasteiger partial charge in [0.15, 0.2) is 0 Å². The van der Waals surface area contributed by atoms with Crippen LogP contribution in [0.15, 0.2) is 36.7 Å². The normalized spacial score (nSPS) is 11.1. The van der Waals surface area contributed by atoms with E-state index in [1.165, 1.54) is 19.5 Å². The highest BCUT2D eigenvalue weighted by atomic mass is 35.5. The van der Waals surface area contributed by atoms with Gasteiger partial charge in [-0.3, -0.25) is 4.72 Å². The average Bonchev–Trinajstić information content (AvgIpc) is 2.38. The summed E-state index contributed by atoms with van der Waals surface area (Å²) >= 11 is 5.82. The molecule has 0 fully saturated rings. The van der Waals surface area contributed by atoms with E-state index in [9.17, 15) is 8.42 Å². The Bertz CT molecular complexity index is 689. The summed E-state index contributed by atoms with van der Waals surface area (Å²) < 4.78 is 31.2. The molecule has 0 saturated heterocycles. The number of rotatable bonds is 5. The van der Waals surface area contributed by atoms with E-state index in [2.05, 4.69) is 14.7 Å². The molecule has 0 aliphatic heterocycles. The summed E-state index contributed by atoms with van der Waals surface area (Å²) in [5, 5.41) is 0.491. The molecule has 0 amide bonds. The standard InChI is InChI=1S/C12H12ClN3O3S/c1-19-12-14-6-11(7-15-12)16-20(17,18)8-9-3-2-4-10(13)5-9/h2-7,16H,8H2,1H3. The molecule has 1 N–H and O–H groups in total. The molecular weight excluding hydrogens is 302 g/mol. The summed E-state index contributed by atoms with van der Waals surface area (Å²) in [4.78, 5) is 7.64. The number of methoxy groups -OCH3 is 1. The second-order valence-electron chi connectivity index (χ2n) is 3.95. The summed E-state index contributed by atoms with van der Waals surface area (Å²) in [6.07, 6.45) is 2.67. The number of aromatic nitrogens is 2. The van der Waals surface area contributed by atoms with Crippen LogP contribution in [0.1, 0.15) is 5.56 Å². The van der Waals surface area contributed by atoms with E-state index in [1.807, 2.05) is 0 Å². The molecule has 0 bridgehead atoms. The molecule has 2 rings (SSSR count). The molecule has 6 nitrogen and oxygen atoms in total. The third kappa shape index (κ3) is 4.07. The monoisotopic (exact) mass is 313 g/mol. The number of nitrogens with one attached hydrogen (secondary N) is 1. The zero-order valence-electron chi connectivity index (χ0n) is 10.6. The highest BCUT2D eigenvalue weighted by Crippen LogP contribution is 2.15. The van der Waals surface area contributed by atoms with E-state index in [0.29, 0.717) is 10.6 Å². The van der Waals surface area contributed by atoms with Gasteiger partial charge in [-0.15, -0.1) is 0 Å². The van der Waals surface area contributed by atoms with Gasteiger partial charge in [-0.1, -0.05) is 23.7 Å². The van der Waals surface area contributed by atoms with E-state index in [1.54, 1.807) is 24.3 Å². The predicted octanol–water partition coefficient (Wildman–Crippen LogP) is 2.08. The molecule has 0 unspecified atom stereocenters. The number of ether oxygens (including phenoxy) is 1. The minimum atomic E-state index is -3.55. The topological polar surface area (TPSA) is 81.2 Å². The van der Waals surface area contributed by atoms with Crippen molar-refractivity contribution in [2.45, 2.75) is 5.75 Å². The largest absolute Gasteiger partial charge is 0.467 e. The summed E-state index contributed by atoms with van der Waals surface area (Å²) in [6.45, 7) is 0. The quantitative estimate of drug-likeness (QED) is 0.914. The highest BCUT2D eigenvalue weighted by Gasteiger charge is 2.12. The lowest BCUT2D eigenvalue weighted by Crippen LogP contribution is -2.15. The van der Waals surface area contributed by atoms with E-state index in [-0.39, 0.29) is 17.5 Å². The van der Waals surface area contributed by atoms with Gasteiger partial charge in [-0.2, -0.15) is 0 Å². The molecule has 0 aliphatic rings. The Kier molecular flexibility index (Phi) is 4.41. The fraction of sp³-hybridized carbons (Fsp3) is 0.167. The van der Waals surface area contributed by atoms with Crippen molar-refractivity contribution in [1.82, 2.24) is 9.97 Å². The molecule has 0 radical (unpaired) electrons. The number of hydrogen-bond donors (Lipinski definition) is 1. The van der Waals surface area contributed by atoms with Crippen molar-refractivity contribution in [3.63, 3.8) is 0 Å². The smallest absolute Gasteiger partial charge is 0.316 e. The van der Waals surface area contributed by atoms with Crippen LogP contribution in [0.4, 0.5) is 5.69 Å². The first-order valence-corrected chi connectivity index (χ1v) is 7.62. The van der Waals surface area contributed by atoms with Gasteiger partial charge < -0.3 is 4.74 Å². The van der Waals surface area contributed by atoms with Gasteiger partial charge in [0.1, 0.15) is 0 Å². The minimum Gasteiger partial charge on any atom is -0.467 e. The first-order chi connectivity index (χ1) is 9.48. The second kappa shape index (κ2) is 6.06. The van der Waals surface area contributed by atoms with Crippen molar-refractivity contribution >= 4 is 27.3 Å². The predicted molar refractivity (Wildman–Crippen MR) is 76.3 cm³/mol. The SMILES string of the molecule is COc1ncc(NS(=O)(=O)Cc2cccc(Cl)c2)cn1. The molecule has 2 aromatic rings. The van der Waals surface area contributed by atoms with Crippen LogP contribution < -0.4 is 9.46 Å². The molecule has 106 valence electrons. The van der Waals surface area contributed by atoms with Gasteiger partial charge in [0.2, 0.25) is 10.0 Å². The highest BCUT2D eigenvalue weighted by molar-refractivity contribution is 7.91. The number of hydrogen-bond acceptors (Lipinski definition) is 5. The number of halogens is 1. The minimum absolute atomic E-state index is 0.169. The summed E-state index contributed by atoms with van der Waals surface area (Å²) in [5.41, 5.74) is 0.868. The zero-order chi connectivity index (χ0) is 14.6. The Morgan fingerprint density at radius 3 is 2.60 bits per heavy atom. The Morgan fingerprint density at radius 2 is 2.00 bits per heavy atom. The molecule has 0 aliphatic carbocycles. The molecule has 0 atom stereocenters. The van der Waals surface area contributed by atoms with Gasteiger partial charge >= 0.3 is 6.01 Å². The Balaban J connectivity index is 2.10. The van der Waals surface area contributed by atoms with Crippen LogP contribution >= 0.6 is 11.6 Å². The third-order valence-corrected chi connectivity index (χ3v) is 3.82. The number of nitrogens with zero attached hydrogens (tertiary/aromatic N) is 2. The fourth-order valence-corrected chi connectivity index (χ4v) is 2.90. The lowest BCUT2D eigenvalue weighted by atomic mass is 10.2. The fourth-order valence-electron chi connectivity index (χ4n) is 1.54. The Morgan fingerprint density at radius 1 is 1.30 bits per heavy atom. The Labute approximate surface area is 121 Å². The summed E-state index contributed by atoms with van der Waals surface area (Å²) in [7, 11) is -2.12. The molecule has 0 spiro atoms. The Hall–Kier alpha value is -1.86. The number of sulfonamides is 1. The van der Waals surface area contributed by atoms with Crippen molar-refractivity contribution in [3.05, 3.63) is 47.2 Å². The van der Waals surface area contributed by atoms with Crippen molar-refractivity contribution in [1.29, 1.82) is 0 Å². The van der Waals surface area contributed by atoms with Crippen LogP contribution in [0.3, 0.4) is 0 Å². The lowest BCUT2D eigenvalue weighted by molar-refractivity contribution is 0.380. The first kappa shape index (κ1) is 14.5. The lowest BCUT2D eigenvalue weighted by Gasteiger charge is -2.08. The van der Waals surface area contributed by atoms with Gasteiger partial charge in [0.25, 0.3) is 0 Å². The number of anilines is 1. The van der Waals surface area contributed by atoms with Gasteiger partial charge in [0, 0.05) is 5.02 Å². The van der Waals surface area contributed by atoms with E-state index < -0.39 is 10.0 Å². The van der Waals surface area contributed by atoms with Crippen molar-refractivity contribution in [3.8, 4) is 6.01 Å². The molecule has 8 heteroatoms. The van der Waals surface area contributed by atoms with Crippen LogP contribution in [0.2, 0.25) is 5.02 Å². The maximum absolute atomic E-state index is 12.0. The van der Waals surface area contributed by atoms with E-state index in [0.717, 1.165) is 0 Å². The van der Waals surface area contributed by atoms with E-state index >= 15 is 0 Å². The third-order valence-electron chi connectivity index (χ3n) is 2.33. The van der Waals surface area contributed by atoms with Gasteiger partial charge in [-0.05, 0) is 17.7 Å². The molecule has 1 aromatic heterocycles. The van der Waals surface area contributed by atoms with Crippen molar-refractivity contribution in [2.24, 2.45) is 0 Å². The van der Waals surface area contributed by atoms with E-state index in [4.69, 9.17) is 16.3 Å². The van der Waals surface area contributed by atoms with Crippen molar-refractivity contribution < 1.29 is 13.2 Å². The maximum atomic E-state index is 12.0. The van der Waals surface area contributed by atoms with Gasteiger partial charge in [-0.25, -0.2) is 18.4 Å². The van der Waals surface area contributed by atoms with Crippen LogP contribution in [0, 0.1) is 0 Å². The first-order valence-electron chi connectivity index (χ1n) is 5.59. The molecule has 1 aromatic carbocycles. The second-order valence-corrected chi connectivity index (χ2v) is 6.11. The summed E-state index contributed by atoms with van der Waals surface area (Å²) in [6, 6.07) is 6.84. The zero-order valence-corrected chi connectivity index (χ0v) is 12.1. The van der Waals surface area contributed by atoms with Crippen molar-refractivity contribution in [2.75, 3.05) is 11.8 Å². The maximum Gasteiger partial charge on any atom is 0.316 e. The van der Waals surface area contributed by atoms with Crippen LogP contribution in [-0.2, 0) is 15.8 Å². The molecule has 0 saturated carbocycles.